The second kappa shape index (κ2) is 9.32. The van der Waals surface area contributed by atoms with Gasteiger partial charge in [0.1, 0.15) is 0 Å². The van der Waals surface area contributed by atoms with Crippen LogP contribution < -0.4 is 14.8 Å². The first kappa shape index (κ1) is 18.3. The van der Waals surface area contributed by atoms with Gasteiger partial charge in [0.2, 0.25) is 0 Å². The number of oxime groups is 1. The van der Waals surface area contributed by atoms with Crippen molar-refractivity contribution < 1.29 is 19.1 Å². The summed E-state index contributed by atoms with van der Waals surface area (Å²) in [6.45, 7) is 1.92. The lowest BCUT2D eigenvalue weighted by Crippen LogP contribution is -2.17. The molecular formula is C19H22N2O4. The molecule has 1 N–H and O–H groups in total. The van der Waals surface area contributed by atoms with Gasteiger partial charge in [-0.2, -0.15) is 0 Å². The van der Waals surface area contributed by atoms with Crippen molar-refractivity contribution >= 4 is 17.8 Å². The quantitative estimate of drug-likeness (QED) is 0.590. The lowest BCUT2D eigenvalue weighted by atomic mass is 10.1. The molecule has 25 heavy (non-hydrogen) atoms. The second-order valence-corrected chi connectivity index (χ2v) is 5.22. The Morgan fingerprint density at radius 3 is 2.44 bits per heavy atom. The molecule has 0 fully saturated rings. The molecule has 1 amide bonds. The van der Waals surface area contributed by atoms with Gasteiger partial charge < -0.3 is 19.6 Å². The van der Waals surface area contributed by atoms with Crippen LogP contribution in [0.1, 0.15) is 18.1 Å². The maximum Gasteiger partial charge on any atom is 0.265 e. The van der Waals surface area contributed by atoms with Crippen LogP contribution in [-0.2, 0) is 16.1 Å². The third kappa shape index (κ3) is 5.53. The molecule has 0 unspecified atom stereocenters. The van der Waals surface area contributed by atoms with E-state index < -0.39 is 0 Å². The number of amides is 1. The first-order chi connectivity index (χ1) is 12.2. The number of rotatable bonds is 8. The summed E-state index contributed by atoms with van der Waals surface area (Å²) in [7, 11) is 3.09. The van der Waals surface area contributed by atoms with Crippen molar-refractivity contribution in [3.05, 3.63) is 53.6 Å². The molecule has 0 aliphatic carbocycles. The normalized spacial score (nSPS) is 10.5. The Labute approximate surface area is 147 Å². The van der Waals surface area contributed by atoms with Crippen LogP contribution in [0.2, 0.25) is 0 Å². The number of nitrogens with one attached hydrogen (secondary N) is 1. The first-order valence-corrected chi connectivity index (χ1v) is 7.92. The number of nitrogens with zero attached hydrogens (tertiary/aromatic N) is 1. The monoisotopic (exact) mass is 342 g/mol. The average molecular weight is 342 g/mol. The van der Waals surface area contributed by atoms with Gasteiger partial charge in [0, 0.05) is 11.8 Å². The van der Waals surface area contributed by atoms with E-state index in [2.05, 4.69) is 17.4 Å². The van der Waals surface area contributed by atoms with E-state index in [1.54, 1.807) is 31.5 Å². The molecule has 6 nitrogen and oxygen atoms in total. The van der Waals surface area contributed by atoms with E-state index in [-0.39, 0.29) is 12.5 Å². The van der Waals surface area contributed by atoms with Crippen molar-refractivity contribution in [2.45, 2.75) is 13.3 Å². The highest BCUT2D eigenvalue weighted by molar-refractivity contribution is 5.92. The third-order valence-electron chi connectivity index (χ3n) is 3.53. The van der Waals surface area contributed by atoms with Gasteiger partial charge in [-0.3, -0.25) is 4.79 Å². The summed E-state index contributed by atoms with van der Waals surface area (Å²) >= 11 is 0. The molecule has 0 radical (unpaired) electrons. The van der Waals surface area contributed by atoms with Gasteiger partial charge in [-0.05, 0) is 29.7 Å². The van der Waals surface area contributed by atoms with Crippen molar-refractivity contribution in [1.29, 1.82) is 0 Å². The minimum Gasteiger partial charge on any atom is -0.493 e. The zero-order valence-corrected chi connectivity index (χ0v) is 14.6. The minimum absolute atomic E-state index is 0.183. The first-order valence-electron chi connectivity index (χ1n) is 7.92. The van der Waals surface area contributed by atoms with Gasteiger partial charge in [0.05, 0.1) is 20.4 Å². The summed E-state index contributed by atoms with van der Waals surface area (Å²) in [5.74, 6) is 0.816. The van der Waals surface area contributed by atoms with Crippen LogP contribution in [0.3, 0.4) is 0 Å². The van der Waals surface area contributed by atoms with Crippen molar-refractivity contribution in [2.75, 3.05) is 26.1 Å². The van der Waals surface area contributed by atoms with E-state index in [0.29, 0.717) is 17.2 Å². The fourth-order valence-corrected chi connectivity index (χ4v) is 2.14. The summed E-state index contributed by atoms with van der Waals surface area (Å²) < 4.78 is 10.3. The SMILES string of the molecule is CCc1ccc(/C=N\OCC(=O)Nc2ccc(OC)c(OC)c2)cc1. The van der Waals surface area contributed by atoms with Crippen LogP contribution in [0.5, 0.6) is 11.5 Å². The fraction of sp³-hybridized carbons (Fsp3) is 0.263. The number of aryl methyl sites for hydroxylation is 1. The number of anilines is 1. The maximum atomic E-state index is 11.9. The van der Waals surface area contributed by atoms with Crippen LogP contribution in [0.4, 0.5) is 5.69 Å². The molecular weight excluding hydrogens is 320 g/mol. The topological polar surface area (TPSA) is 69.2 Å². The molecule has 2 aromatic carbocycles. The van der Waals surface area contributed by atoms with Crippen molar-refractivity contribution in [3.63, 3.8) is 0 Å². The van der Waals surface area contributed by atoms with E-state index in [9.17, 15) is 4.79 Å². The van der Waals surface area contributed by atoms with E-state index in [1.165, 1.54) is 12.7 Å². The molecule has 0 saturated carbocycles. The Bertz CT molecular complexity index is 727. The summed E-state index contributed by atoms with van der Waals surface area (Å²) in [6, 6.07) is 13.1. The summed E-state index contributed by atoms with van der Waals surface area (Å²) in [5, 5.41) is 6.52. The summed E-state index contributed by atoms with van der Waals surface area (Å²) in [5.41, 5.74) is 2.76. The van der Waals surface area contributed by atoms with E-state index in [1.807, 2.05) is 24.3 Å². The highest BCUT2D eigenvalue weighted by Crippen LogP contribution is 2.29. The Balaban J connectivity index is 1.83. The minimum atomic E-state index is -0.314. The standard InChI is InChI=1S/C19H22N2O4/c1-4-14-5-7-15(8-6-14)12-20-25-13-19(22)21-16-9-10-17(23-2)18(11-16)24-3/h5-12H,4,13H2,1-3H3,(H,21,22)/b20-12-. The van der Waals surface area contributed by atoms with Crippen LogP contribution in [0, 0.1) is 0 Å². The number of hydrogen-bond acceptors (Lipinski definition) is 5. The van der Waals surface area contributed by atoms with Crippen molar-refractivity contribution in [1.82, 2.24) is 0 Å². The zero-order chi connectivity index (χ0) is 18.1. The van der Waals surface area contributed by atoms with Crippen LogP contribution in [0.25, 0.3) is 0 Å². The third-order valence-corrected chi connectivity index (χ3v) is 3.53. The molecule has 0 atom stereocenters. The molecule has 0 aromatic heterocycles. The molecule has 2 aromatic rings. The molecule has 0 heterocycles. The summed E-state index contributed by atoms with van der Waals surface area (Å²) in [6.07, 6.45) is 2.56. The molecule has 0 aliphatic rings. The molecule has 0 aliphatic heterocycles. The van der Waals surface area contributed by atoms with Gasteiger partial charge in [-0.15, -0.1) is 0 Å². The Morgan fingerprint density at radius 1 is 1.08 bits per heavy atom. The van der Waals surface area contributed by atoms with Crippen molar-refractivity contribution in [3.8, 4) is 11.5 Å². The predicted octanol–water partition coefficient (Wildman–Crippen LogP) is 3.26. The van der Waals surface area contributed by atoms with Gasteiger partial charge in [0.15, 0.2) is 18.1 Å². The highest BCUT2D eigenvalue weighted by Gasteiger charge is 2.07. The number of ether oxygens (including phenoxy) is 2. The van der Waals surface area contributed by atoms with E-state index >= 15 is 0 Å². The smallest absolute Gasteiger partial charge is 0.265 e. The number of carbonyl (C=O) groups is 1. The molecule has 132 valence electrons. The molecule has 0 bridgehead atoms. The average Bonchev–Trinajstić information content (AvgIpc) is 2.65. The van der Waals surface area contributed by atoms with Gasteiger partial charge in [-0.1, -0.05) is 36.3 Å². The Morgan fingerprint density at radius 2 is 1.80 bits per heavy atom. The Hall–Kier alpha value is -3.02. The highest BCUT2D eigenvalue weighted by atomic mass is 16.6. The fourth-order valence-electron chi connectivity index (χ4n) is 2.14. The maximum absolute atomic E-state index is 11.9. The summed E-state index contributed by atoms with van der Waals surface area (Å²) in [4.78, 5) is 16.9. The molecule has 0 saturated heterocycles. The predicted molar refractivity (Wildman–Crippen MR) is 97.5 cm³/mol. The number of methoxy groups -OCH3 is 2. The molecule has 6 heteroatoms. The van der Waals surface area contributed by atoms with Crippen LogP contribution in [0.15, 0.2) is 47.6 Å². The number of hydrogen-bond donors (Lipinski definition) is 1. The Kier molecular flexibility index (Phi) is 6.83. The van der Waals surface area contributed by atoms with E-state index in [0.717, 1.165) is 12.0 Å². The van der Waals surface area contributed by atoms with Gasteiger partial charge in [0.25, 0.3) is 5.91 Å². The van der Waals surface area contributed by atoms with Crippen LogP contribution in [-0.4, -0.2) is 32.9 Å². The van der Waals surface area contributed by atoms with E-state index in [4.69, 9.17) is 14.3 Å². The lowest BCUT2D eigenvalue weighted by Gasteiger charge is -2.10. The molecule has 2 rings (SSSR count). The van der Waals surface area contributed by atoms with Gasteiger partial charge >= 0.3 is 0 Å². The molecule has 0 spiro atoms. The number of benzene rings is 2. The number of carbonyl (C=O) groups excluding carboxylic acids is 1. The van der Waals surface area contributed by atoms with Crippen LogP contribution >= 0.6 is 0 Å². The zero-order valence-electron chi connectivity index (χ0n) is 14.6. The second-order valence-electron chi connectivity index (χ2n) is 5.22. The van der Waals surface area contributed by atoms with Gasteiger partial charge in [-0.25, -0.2) is 0 Å². The lowest BCUT2D eigenvalue weighted by molar-refractivity contribution is -0.120. The largest absolute Gasteiger partial charge is 0.493 e. The van der Waals surface area contributed by atoms with Crippen molar-refractivity contribution in [2.24, 2.45) is 5.16 Å².